The van der Waals surface area contributed by atoms with Crippen LogP contribution >= 0.6 is 11.8 Å². The molecule has 3 N–H and O–H groups in total. The molecule has 0 aliphatic heterocycles. The van der Waals surface area contributed by atoms with Crippen LogP contribution in [0.2, 0.25) is 0 Å². The second-order valence-electron chi connectivity index (χ2n) is 5.98. The molecule has 1 aromatic heterocycles. The van der Waals surface area contributed by atoms with E-state index in [2.05, 4.69) is 10.3 Å². The molecule has 0 aliphatic rings. The van der Waals surface area contributed by atoms with Gasteiger partial charge in [0.2, 0.25) is 0 Å². The van der Waals surface area contributed by atoms with E-state index < -0.39 is 11.9 Å². The van der Waals surface area contributed by atoms with Gasteiger partial charge in [-0.1, -0.05) is 36.0 Å². The number of aromatic carboxylic acids is 1. The van der Waals surface area contributed by atoms with Gasteiger partial charge in [0, 0.05) is 12.2 Å². The van der Waals surface area contributed by atoms with E-state index in [0.29, 0.717) is 12.2 Å². The Labute approximate surface area is 166 Å². The van der Waals surface area contributed by atoms with Gasteiger partial charge in [-0.2, -0.15) is 0 Å². The van der Waals surface area contributed by atoms with Crippen LogP contribution < -0.4 is 5.32 Å². The molecule has 1 amide bonds. The highest BCUT2D eigenvalue weighted by atomic mass is 32.2. The van der Waals surface area contributed by atoms with Gasteiger partial charge in [0.25, 0.3) is 5.91 Å². The van der Waals surface area contributed by atoms with Gasteiger partial charge in [-0.3, -0.25) is 4.79 Å². The topological polar surface area (TPSA) is 104 Å². The Hall–Kier alpha value is -3.10. The Morgan fingerprint density at radius 3 is 2.39 bits per heavy atom. The fraction of sp³-hybridized carbons (Fsp3) is 0.150. The fourth-order valence-corrected chi connectivity index (χ4v) is 3.35. The predicted octanol–water partition coefficient (Wildman–Crippen LogP) is 3.10. The van der Waals surface area contributed by atoms with Crippen LogP contribution in [0.3, 0.4) is 0 Å². The van der Waals surface area contributed by atoms with Crippen molar-refractivity contribution < 1.29 is 19.8 Å². The molecular formula is C20H19N3O4S. The summed E-state index contributed by atoms with van der Waals surface area (Å²) >= 11 is 1.50. The quantitative estimate of drug-likeness (QED) is 0.529. The van der Waals surface area contributed by atoms with Crippen molar-refractivity contribution in [1.29, 1.82) is 0 Å². The maximum atomic E-state index is 12.4. The average molecular weight is 397 g/mol. The highest BCUT2D eigenvalue weighted by Crippen LogP contribution is 2.19. The van der Waals surface area contributed by atoms with Gasteiger partial charge in [0.1, 0.15) is 0 Å². The van der Waals surface area contributed by atoms with Crippen molar-refractivity contribution in [2.24, 2.45) is 0 Å². The number of imidazole rings is 1. The largest absolute Gasteiger partial charge is 0.478 e. The first-order valence-electron chi connectivity index (χ1n) is 8.45. The molecule has 8 heteroatoms. The molecular weight excluding hydrogens is 378 g/mol. The standard InChI is InChI=1S/C20H19N3O4S/c1-28-20-21-10-15(12-24)23(20)11-13-6-8-14(9-7-13)22-18(25)16-4-2-3-5-17(16)19(26)27/h2-10,24H,11-12H2,1H3,(H,22,25)(H,26,27). The second-order valence-corrected chi connectivity index (χ2v) is 6.76. The van der Waals surface area contributed by atoms with Crippen molar-refractivity contribution in [2.75, 3.05) is 11.6 Å². The summed E-state index contributed by atoms with van der Waals surface area (Å²) in [6.07, 6.45) is 3.58. The number of aromatic nitrogens is 2. The molecule has 0 aliphatic carbocycles. The third kappa shape index (κ3) is 4.24. The minimum atomic E-state index is -1.15. The van der Waals surface area contributed by atoms with Gasteiger partial charge in [-0.05, 0) is 36.1 Å². The molecule has 7 nitrogen and oxygen atoms in total. The lowest BCUT2D eigenvalue weighted by atomic mass is 10.1. The molecule has 2 aromatic carbocycles. The van der Waals surface area contributed by atoms with Crippen molar-refractivity contribution in [3.8, 4) is 0 Å². The van der Waals surface area contributed by atoms with E-state index in [1.807, 2.05) is 23.0 Å². The predicted molar refractivity (Wildman–Crippen MR) is 107 cm³/mol. The first-order chi connectivity index (χ1) is 13.5. The fourth-order valence-electron chi connectivity index (χ4n) is 2.79. The highest BCUT2D eigenvalue weighted by molar-refractivity contribution is 7.98. The van der Waals surface area contributed by atoms with E-state index in [0.717, 1.165) is 16.4 Å². The van der Waals surface area contributed by atoms with Gasteiger partial charge >= 0.3 is 5.97 Å². The number of carbonyl (C=O) groups is 2. The lowest BCUT2D eigenvalue weighted by Crippen LogP contribution is -2.16. The third-order valence-corrected chi connectivity index (χ3v) is 4.89. The molecule has 3 aromatic rings. The van der Waals surface area contributed by atoms with E-state index >= 15 is 0 Å². The first-order valence-corrected chi connectivity index (χ1v) is 9.67. The zero-order valence-corrected chi connectivity index (χ0v) is 15.9. The molecule has 0 atom stereocenters. The molecule has 0 spiro atoms. The number of benzene rings is 2. The number of carbonyl (C=O) groups excluding carboxylic acids is 1. The van der Waals surface area contributed by atoms with Gasteiger partial charge in [-0.25, -0.2) is 9.78 Å². The Morgan fingerprint density at radius 2 is 1.79 bits per heavy atom. The van der Waals surface area contributed by atoms with Crippen molar-refractivity contribution >= 4 is 29.3 Å². The van der Waals surface area contributed by atoms with Crippen molar-refractivity contribution in [3.63, 3.8) is 0 Å². The maximum absolute atomic E-state index is 12.4. The Kier molecular flexibility index (Phi) is 6.13. The zero-order valence-electron chi connectivity index (χ0n) is 15.1. The molecule has 0 fully saturated rings. The number of nitrogens with one attached hydrogen (secondary N) is 1. The van der Waals surface area contributed by atoms with Gasteiger partial charge in [-0.15, -0.1) is 0 Å². The van der Waals surface area contributed by atoms with Gasteiger partial charge < -0.3 is 20.1 Å². The number of rotatable bonds is 7. The molecule has 1 heterocycles. The summed E-state index contributed by atoms with van der Waals surface area (Å²) in [6, 6.07) is 13.3. The Morgan fingerprint density at radius 1 is 1.11 bits per heavy atom. The summed E-state index contributed by atoms with van der Waals surface area (Å²) in [7, 11) is 0. The second kappa shape index (κ2) is 8.73. The van der Waals surface area contributed by atoms with E-state index in [9.17, 15) is 19.8 Å². The molecule has 28 heavy (non-hydrogen) atoms. The van der Waals surface area contributed by atoms with Crippen LogP contribution in [0.1, 0.15) is 32.0 Å². The number of thioether (sulfide) groups is 1. The Bertz CT molecular complexity index is 977. The number of hydrogen-bond donors (Lipinski definition) is 3. The zero-order chi connectivity index (χ0) is 20.1. The highest BCUT2D eigenvalue weighted by Gasteiger charge is 2.16. The number of hydrogen-bond acceptors (Lipinski definition) is 5. The third-order valence-electron chi connectivity index (χ3n) is 4.20. The molecule has 0 unspecified atom stereocenters. The number of aliphatic hydroxyl groups excluding tert-OH is 1. The van der Waals surface area contributed by atoms with Crippen LogP contribution in [0.4, 0.5) is 5.69 Å². The van der Waals surface area contributed by atoms with E-state index in [4.69, 9.17) is 0 Å². The number of anilines is 1. The average Bonchev–Trinajstić information content (AvgIpc) is 3.11. The van der Waals surface area contributed by atoms with Crippen LogP contribution in [-0.2, 0) is 13.2 Å². The lowest BCUT2D eigenvalue weighted by molar-refractivity contribution is 0.0692. The summed E-state index contributed by atoms with van der Waals surface area (Å²) in [5, 5.41) is 22.2. The van der Waals surface area contributed by atoms with E-state index in [-0.39, 0.29) is 17.7 Å². The smallest absolute Gasteiger partial charge is 0.336 e. The molecule has 144 valence electrons. The van der Waals surface area contributed by atoms with Crippen LogP contribution in [0, 0.1) is 0 Å². The summed E-state index contributed by atoms with van der Waals surface area (Å²) in [5.41, 5.74) is 2.33. The minimum Gasteiger partial charge on any atom is -0.478 e. The minimum absolute atomic E-state index is 0.0437. The van der Waals surface area contributed by atoms with Crippen molar-refractivity contribution in [1.82, 2.24) is 9.55 Å². The molecule has 0 bridgehead atoms. The summed E-state index contributed by atoms with van der Waals surface area (Å²) in [6.45, 7) is 0.451. The van der Waals surface area contributed by atoms with Crippen LogP contribution in [-0.4, -0.2) is 37.9 Å². The van der Waals surface area contributed by atoms with Crippen LogP contribution in [0.5, 0.6) is 0 Å². The number of carboxylic acid groups (broad SMARTS) is 1. The number of nitrogens with zero attached hydrogens (tertiary/aromatic N) is 2. The van der Waals surface area contributed by atoms with E-state index in [1.165, 1.54) is 23.9 Å². The SMILES string of the molecule is CSc1ncc(CO)n1Cc1ccc(NC(=O)c2ccccc2C(=O)O)cc1. The van der Waals surface area contributed by atoms with Crippen LogP contribution in [0.15, 0.2) is 59.9 Å². The summed E-state index contributed by atoms with van der Waals surface area (Å²) < 4.78 is 1.93. The summed E-state index contributed by atoms with van der Waals surface area (Å²) in [5.74, 6) is -1.63. The van der Waals surface area contributed by atoms with Gasteiger partial charge in [0.15, 0.2) is 5.16 Å². The number of carboxylic acids is 1. The summed E-state index contributed by atoms with van der Waals surface area (Å²) in [4.78, 5) is 28.0. The van der Waals surface area contributed by atoms with E-state index in [1.54, 1.807) is 30.5 Å². The monoisotopic (exact) mass is 397 g/mol. The molecule has 0 saturated heterocycles. The van der Waals surface area contributed by atoms with Crippen molar-refractivity contribution in [3.05, 3.63) is 77.1 Å². The number of amides is 1. The Balaban J connectivity index is 1.74. The molecule has 0 radical (unpaired) electrons. The van der Waals surface area contributed by atoms with Gasteiger partial charge in [0.05, 0.1) is 29.6 Å². The molecule has 0 saturated carbocycles. The first kappa shape index (κ1) is 19.7. The van der Waals surface area contributed by atoms with Crippen molar-refractivity contribution in [2.45, 2.75) is 18.3 Å². The normalized spacial score (nSPS) is 10.6. The van der Waals surface area contributed by atoms with Crippen LogP contribution in [0.25, 0.3) is 0 Å². The maximum Gasteiger partial charge on any atom is 0.336 e. The molecule has 3 rings (SSSR count). The lowest BCUT2D eigenvalue weighted by Gasteiger charge is -2.11. The number of aliphatic hydroxyl groups is 1.